The van der Waals surface area contributed by atoms with Gasteiger partial charge in [0.25, 0.3) is 0 Å². The van der Waals surface area contributed by atoms with E-state index in [2.05, 4.69) is 85.4 Å². The van der Waals surface area contributed by atoms with Crippen molar-refractivity contribution in [1.29, 1.82) is 0 Å². The summed E-state index contributed by atoms with van der Waals surface area (Å²) < 4.78 is 30.9. The highest BCUT2D eigenvalue weighted by molar-refractivity contribution is 5.87. The lowest BCUT2D eigenvalue weighted by Crippen LogP contribution is -2.51. The first-order valence-electron chi connectivity index (χ1n) is 25.0. The smallest absolute Gasteiger partial charge is 0.407 e. The number of nitrogens with one attached hydrogen (secondary N) is 4. The maximum atomic E-state index is 16.2. The Balaban J connectivity index is 0.000000533. The van der Waals surface area contributed by atoms with Gasteiger partial charge < -0.3 is 49.5 Å². The maximum Gasteiger partial charge on any atom is 0.407 e. The number of ketones is 1. The number of carbonyl (C=O) groups is 4. The highest BCUT2D eigenvalue weighted by Crippen LogP contribution is 2.48. The van der Waals surface area contributed by atoms with Gasteiger partial charge in [-0.15, -0.1) is 0 Å². The summed E-state index contributed by atoms with van der Waals surface area (Å²) in [6.45, 7) is 16.5. The molecule has 0 bridgehead atoms. The van der Waals surface area contributed by atoms with Crippen molar-refractivity contribution in [3.63, 3.8) is 0 Å². The maximum absolute atomic E-state index is 16.2. The number of morpholine rings is 1. The Morgan fingerprint density at radius 2 is 1.37 bits per heavy atom. The summed E-state index contributed by atoms with van der Waals surface area (Å²) in [7, 11) is 2.57. The summed E-state index contributed by atoms with van der Waals surface area (Å²) in [6, 6.07) is 17.2. The van der Waals surface area contributed by atoms with E-state index < -0.39 is 24.3 Å². The van der Waals surface area contributed by atoms with Crippen molar-refractivity contribution in [2.24, 2.45) is 11.8 Å². The average Bonchev–Trinajstić information content (AvgIpc) is 4.19. The molecule has 3 aromatic carbocycles. The van der Waals surface area contributed by atoms with Crippen LogP contribution in [-0.2, 0) is 23.8 Å². The van der Waals surface area contributed by atoms with Crippen molar-refractivity contribution < 1.29 is 37.8 Å². The first-order chi connectivity index (χ1) is 33.6. The number of Topliss-reactive ketones (excluding diaryl/α,β-unsaturated/α-hetero) is 1. The van der Waals surface area contributed by atoms with E-state index in [0.29, 0.717) is 44.5 Å². The van der Waals surface area contributed by atoms with E-state index in [9.17, 15) is 19.2 Å². The average molecular weight is 966 g/mol. The summed E-state index contributed by atoms with van der Waals surface area (Å²) in [4.78, 5) is 71.1. The van der Waals surface area contributed by atoms with Crippen molar-refractivity contribution in [1.82, 2.24) is 35.5 Å². The highest BCUT2D eigenvalue weighted by atomic mass is 19.1. The largest absolute Gasteiger partial charge is 0.453 e. The summed E-state index contributed by atoms with van der Waals surface area (Å²) in [5, 5.41) is 5.19. The van der Waals surface area contributed by atoms with Gasteiger partial charge in [0.05, 0.1) is 79.4 Å². The number of H-pyrrole nitrogens is 2. The lowest BCUT2D eigenvalue weighted by molar-refractivity contribution is -0.135. The predicted molar refractivity (Wildman–Crippen MR) is 269 cm³/mol. The zero-order valence-electron chi connectivity index (χ0n) is 42.3. The van der Waals surface area contributed by atoms with Crippen molar-refractivity contribution in [3.05, 3.63) is 83.2 Å². The van der Waals surface area contributed by atoms with E-state index >= 15 is 4.39 Å². The molecule has 3 saturated heterocycles. The number of aromatic nitrogens is 4. The van der Waals surface area contributed by atoms with Gasteiger partial charge in [0.2, 0.25) is 5.91 Å². The minimum Gasteiger partial charge on any atom is -0.453 e. The van der Waals surface area contributed by atoms with Crippen LogP contribution in [0, 0.1) is 17.7 Å². The lowest BCUT2D eigenvalue weighted by atomic mass is 10.0. The third-order valence-corrected chi connectivity index (χ3v) is 14.0. The van der Waals surface area contributed by atoms with Crippen LogP contribution >= 0.6 is 0 Å². The molecule has 2 aromatic heterocycles. The SMILES string of the molecule is CCCCC(C)c1nc2ccc([C@H]3CCC(c4ccc5nc([C@@H]6CCCN6C(=O)[C@@H](NC(=O)OC)C(C)C)[nH]c5c4)N3c3ccc(N4CCOCC4)c(F)c3)cc2[nH]1.COC(=O)NC(C(C)=O)C(C)C. The molecule has 3 unspecified atom stereocenters. The first-order valence-corrected chi connectivity index (χ1v) is 25.0. The molecule has 8 rings (SSSR count). The van der Waals surface area contributed by atoms with E-state index in [1.165, 1.54) is 33.1 Å². The number of likely N-dealkylation sites (tertiary alicyclic amines) is 1. The van der Waals surface area contributed by atoms with Crippen molar-refractivity contribution in [2.45, 2.75) is 130 Å². The summed E-state index contributed by atoms with van der Waals surface area (Å²) in [5.74, 6) is 1.65. The number of ether oxygens (including phenoxy) is 3. The summed E-state index contributed by atoms with van der Waals surface area (Å²) >= 11 is 0. The van der Waals surface area contributed by atoms with Gasteiger partial charge in [-0.2, -0.15) is 0 Å². The molecule has 16 nitrogen and oxygen atoms in total. The standard InChI is InChI=1S/C45H57FN8O4.C8H15NO3/c1-6-7-9-28(4)42-47-33-14-11-29(24-35(33)49-42)37-17-18-38(54(37)31-13-16-39(32(46)26-31)52-20-22-58-23-21-52)30-12-15-34-36(25-30)50-43(48-34)40-10-8-19-53(40)44(55)41(27(2)3)51-45(56)57-5;1-5(2)7(6(3)10)9-8(11)12-4/h11-16,24-28,37-38,40-41H,6-10,17-23H2,1-5H3,(H,47,49)(H,48,50)(H,51,56);5,7H,1-4H3,(H,9,11)/t28?,37-,38?,40+,41+;/m1./s1. The Labute approximate surface area is 410 Å². The number of carbonyl (C=O) groups excluding carboxylic acids is 4. The third kappa shape index (κ3) is 11.7. The van der Waals surface area contributed by atoms with Gasteiger partial charge in [0.15, 0.2) is 5.78 Å². The molecular formula is C53H72FN9O7. The normalized spacial score (nSPS) is 19.5. The number of methoxy groups -OCH3 is 2. The Morgan fingerprint density at radius 3 is 1.94 bits per heavy atom. The van der Waals surface area contributed by atoms with Crippen molar-refractivity contribution >= 4 is 57.3 Å². The van der Waals surface area contributed by atoms with Gasteiger partial charge in [-0.3, -0.25) is 9.59 Å². The number of aromatic amines is 2. The fourth-order valence-electron chi connectivity index (χ4n) is 10.2. The Bertz CT molecular complexity index is 2610. The number of rotatable bonds is 15. The molecular weight excluding hydrogens is 894 g/mol. The number of unbranched alkanes of at least 4 members (excludes halogenated alkanes) is 1. The minimum atomic E-state index is -0.705. The predicted octanol–water partition coefficient (Wildman–Crippen LogP) is 9.79. The number of benzene rings is 3. The number of fused-ring (bicyclic) bond motifs is 2. The molecule has 0 saturated carbocycles. The van der Waals surface area contributed by atoms with Gasteiger partial charge in [0.1, 0.15) is 23.5 Å². The lowest BCUT2D eigenvalue weighted by Gasteiger charge is -2.34. The van der Waals surface area contributed by atoms with E-state index in [-0.39, 0.29) is 47.5 Å². The molecule has 3 aliphatic heterocycles. The van der Waals surface area contributed by atoms with Crippen LogP contribution < -0.4 is 20.4 Å². The van der Waals surface area contributed by atoms with Crippen LogP contribution in [0.1, 0.15) is 140 Å². The van der Waals surface area contributed by atoms with Crippen LogP contribution in [0.5, 0.6) is 0 Å². The van der Waals surface area contributed by atoms with Gasteiger partial charge >= 0.3 is 12.2 Å². The molecule has 70 heavy (non-hydrogen) atoms. The Morgan fingerprint density at radius 1 is 0.771 bits per heavy atom. The highest BCUT2D eigenvalue weighted by Gasteiger charge is 2.39. The first kappa shape index (κ1) is 51.6. The molecule has 17 heteroatoms. The van der Waals surface area contributed by atoms with E-state index in [1.54, 1.807) is 6.07 Å². The van der Waals surface area contributed by atoms with Crippen LogP contribution in [0.4, 0.5) is 25.4 Å². The molecule has 5 aromatic rings. The number of amides is 3. The Kier molecular flexibility index (Phi) is 17.1. The molecule has 3 aliphatic rings. The fraction of sp³-hybridized carbons (Fsp3) is 0.547. The number of hydrogen-bond donors (Lipinski definition) is 4. The van der Waals surface area contributed by atoms with Crippen LogP contribution in [0.3, 0.4) is 0 Å². The number of hydrogen-bond acceptors (Lipinski definition) is 11. The topological polar surface area (TPSA) is 187 Å². The van der Waals surface area contributed by atoms with E-state index in [0.717, 1.165) is 83.5 Å². The molecule has 0 aliphatic carbocycles. The second-order valence-electron chi connectivity index (χ2n) is 19.6. The minimum absolute atomic E-state index is 0.00545. The number of nitrogens with zero attached hydrogens (tertiary/aromatic N) is 5. The van der Waals surface area contributed by atoms with Crippen molar-refractivity contribution in [3.8, 4) is 0 Å². The van der Waals surface area contributed by atoms with Gasteiger partial charge in [-0.05, 0) is 104 Å². The van der Waals surface area contributed by atoms with Gasteiger partial charge in [-0.1, -0.05) is 66.5 Å². The molecule has 3 fully saturated rings. The molecule has 378 valence electrons. The monoisotopic (exact) mass is 966 g/mol. The quantitative estimate of drug-likeness (QED) is 0.0782. The molecule has 4 N–H and O–H groups in total. The summed E-state index contributed by atoms with van der Waals surface area (Å²) in [6.07, 6.45) is 5.60. The molecule has 0 radical (unpaired) electrons. The summed E-state index contributed by atoms with van der Waals surface area (Å²) in [5.41, 5.74) is 7.43. The van der Waals surface area contributed by atoms with E-state index in [1.807, 2.05) is 44.7 Å². The molecule has 6 atom stereocenters. The van der Waals surface area contributed by atoms with Gasteiger partial charge in [0, 0.05) is 31.2 Å². The molecule has 0 spiro atoms. The number of anilines is 2. The van der Waals surface area contributed by atoms with Crippen LogP contribution in [0.2, 0.25) is 0 Å². The number of alkyl carbamates (subject to hydrolysis) is 2. The van der Waals surface area contributed by atoms with Crippen LogP contribution in [0.15, 0.2) is 54.6 Å². The second-order valence-corrected chi connectivity index (χ2v) is 19.6. The number of halogens is 1. The molecule has 3 amide bonds. The van der Waals surface area contributed by atoms with Crippen LogP contribution in [-0.4, -0.2) is 108 Å². The fourth-order valence-corrected chi connectivity index (χ4v) is 10.2. The van der Waals surface area contributed by atoms with Crippen LogP contribution in [0.25, 0.3) is 22.1 Å². The number of imidazole rings is 2. The molecule has 5 heterocycles. The van der Waals surface area contributed by atoms with E-state index in [4.69, 9.17) is 19.4 Å². The van der Waals surface area contributed by atoms with Crippen molar-refractivity contribution in [2.75, 3.05) is 56.9 Å². The van der Waals surface area contributed by atoms with Gasteiger partial charge in [-0.25, -0.2) is 23.9 Å². The zero-order chi connectivity index (χ0) is 50.2. The third-order valence-electron chi connectivity index (χ3n) is 14.0. The Hall–Kier alpha value is -6.23. The second kappa shape index (κ2) is 23.1. The zero-order valence-corrected chi connectivity index (χ0v) is 42.3.